The average molecular weight is 330 g/mol. The largest absolute Gasteiger partial charge is 0.364 e. The lowest BCUT2D eigenvalue weighted by atomic mass is 10.1. The predicted octanol–water partition coefficient (Wildman–Crippen LogP) is 1.04. The first-order chi connectivity index (χ1) is 11.5. The van der Waals surface area contributed by atoms with Gasteiger partial charge in [0.15, 0.2) is 11.5 Å². The summed E-state index contributed by atoms with van der Waals surface area (Å²) in [5.74, 6) is 0.0940. The van der Waals surface area contributed by atoms with E-state index in [-0.39, 0.29) is 23.6 Å². The lowest BCUT2D eigenvalue weighted by molar-refractivity contribution is 0.0996. The van der Waals surface area contributed by atoms with Crippen molar-refractivity contribution in [3.8, 4) is 0 Å². The Morgan fingerprint density at radius 3 is 2.71 bits per heavy atom. The second-order valence-electron chi connectivity index (χ2n) is 5.47. The molecule has 0 unspecified atom stereocenters. The lowest BCUT2D eigenvalue weighted by Crippen LogP contribution is -2.38. The molecule has 2 heterocycles. The van der Waals surface area contributed by atoms with Gasteiger partial charge in [-0.3, -0.25) is 4.79 Å². The van der Waals surface area contributed by atoms with Gasteiger partial charge in [0.2, 0.25) is 0 Å². The Bertz CT molecular complexity index is 676. The maximum atomic E-state index is 11.6. The van der Waals surface area contributed by atoms with Gasteiger partial charge >= 0.3 is 0 Å². The van der Waals surface area contributed by atoms with Gasteiger partial charge in [0.1, 0.15) is 5.82 Å². The number of primary amides is 1. The normalized spacial score (nSPS) is 13.1. The molecule has 1 amide bonds. The molecule has 0 bridgehead atoms. The summed E-state index contributed by atoms with van der Waals surface area (Å²) >= 11 is 0. The zero-order chi connectivity index (χ0) is 17.5. The van der Waals surface area contributed by atoms with Gasteiger partial charge in [0.05, 0.1) is 24.3 Å². The average Bonchev–Trinajstić information content (AvgIpc) is 2.55. The standard InChI is InChI=1S/C15H22N8O/c1-3-4-11(9(2)16)22-12-8-18-13(14(17)24)15(23-12)21-10-5-6-19-20-7-10/h5-9,11H,3-4,16H2,1-2H3,(H2,17,24)(H2,19,21,22,23)/t9-,11+/m0/s1. The minimum atomic E-state index is -0.670. The van der Waals surface area contributed by atoms with Crippen LogP contribution in [0.5, 0.6) is 0 Å². The Morgan fingerprint density at radius 2 is 2.12 bits per heavy atom. The van der Waals surface area contributed by atoms with Crippen LogP contribution in [-0.2, 0) is 0 Å². The van der Waals surface area contributed by atoms with Gasteiger partial charge in [0.25, 0.3) is 5.91 Å². The summed E-state index contributed by atoms with van der Waals surface area (Å²) in [6.45, 7) is 4.02. The van der Waals surface area contributed by atoms with Gasteiger partial charge < -0.3 is 22.1 Å². The van der Waals surface area contributed by atoms with Crippen LogP contribution in [0.15, 0.2) is 24.7 Å². The van der Waals surface area contributed by atoms with Crippen LogP contribution in [0.1, 0.15) is 37.2 Å². The smallest absolute Gasteiger partial charge is 0.271 e. The molecule has 9 nitrogen and oxygen atoms in total. The van der Waals surface area contributed by atoms with Crippen LogP contribution in [0, 0.1) is 0 Å². The molecular weight excluding hydrogens is 308 g/mol. The number of aromatic nitrogens is 4. The van der Waals surface area contributed by atoms with Crippen molar-refractivity contribution in [1.29, 1.82) is 0 Å². The number of rotatable bonds is 8. The molecule has 2 aromatic heterocycles. The molecule has 0 spiro atoms. The van der Waals surface area contributed by atoms with Crippen LogP contribution in [-0.4, -0.2) is 38.2 Å². The molecule has 2 aromatic rings. The topological polar surface area (TPSA) is 145 Å². The highest BCUT2D eigenvalue weighted by atomic mass is 16.1. The van der Waals surface area contributed by atoms with E-state index in [2.05, 4.69) is 37.7 Å². The molecule has 0 aromatic carbocycles. The summed E-state index contributed by atoms with van der Waals surface area (Å²) in [5, 5.41) is 13.7. The van der Waals surface area contributed by atoms with E-state index in [1.165, 1.54) is 18.6 Å². The fraction of sp³-hybridized carbons (Fsp3) is 0.400. The van der Waals surface area contributed by atoms with E-state index in [1.807, 2.05) is 6.92 Å². The molecule has 0 fully saturated rings. The summed E-state index contributed by atoms with van der Waals surface area (Å²) in [6.07, 6.45) is 6.39. The van der Waals surface area contributed by atoms with Crippen LogP contribution < -0.4 is 22.1 Å². The Balaban J connectivity index is 2.28. The van der Waals surface area contributed by atoms with Crippen LogP contribution >= 0.6 is 0 Å². The zero-order valence-corrected chi connectivity index (χ0v) is 13.7. The maximum absolute atomic E-state index is 11.6. The van der Waals surface area contributed by atoms with E-state index >= 15 is 0 Å². The molecule has 128 valence electrons. The van der Waals surface area contributed by atoms with Crippen LogP contribution in [0.3, 0.4) is 0 Å². The molecule has 24 heavy (non-hydrogen) atoms. The molecular formula is C15H22N8O. The Labute approximate surface area is 140 Å². The van der Waals surface area contributed by atoms with Crippen LogP contribution in [0.25, 0.3) is 0 Å². The minimum absolute atomic E-state index is 0.0465. The first-order valence-corrected chi connectivity index (χ1v) is 7.74. The highest BCUT2D eigenvalue weighted by molar-refractivity contribution is 5.96. The third-order valence-electron chi connectivity index (χ3n) is 3.42. The van der Waals surface area contributed by atoms with Crippen molar-refractivity contribution in [3.05, 3.63) is 30.4 Å². The van der Waals surface area contributed by atoms with Crippen molar-refractivity contribution < 1.29 is 4.79 Å². The van der Waals surface area contributed by atoms with Gasteiger partial charge in [-0.2, -0.15) is 10.2 Å². The quantitative estimate of drug-likeness (QED) is 0.561. The molecule has 0 aliphatic rings. The fourth-order valence-corrected chi connectivity index (χ4v) is 2.19. The van der Waals surface area contributed by atoms with Gasteiger partial charge in [-0.05, 0) is 19.4 Å². The van der Waals surface area contributed by atoms with Crippen molar-refractivity contribution in [3.63, 3.8) is 0 Å². The minimum Gasteiger partial charge on any atom is -0.364 e. The summed E-state index contributed by atoms with van der Waals surface area (Å²) in [6, 6.07) is 1.70. The molecule has 0 saturated heterocycles. The van der Waals surface area contributed by atoms with E-state index in [0.717, 1.165) is 12.8 Å². The van der Waals surface area contributed by atoms with Gasteiger partial charge in [-0.25, -0.2) is 9.97 Å². The van der Waals surface area contributed by atoms with Crippen molar-refractivity contribution >= 4 is 23.2 Å². The summed E-state index contributed by atoms with van der Waals surface area (Å²) < 4.78 is 0. The molecule has 6 N–H and O–H groups in total. The fourth-order valence-electron chi connectivity index (χ4n) is 2.19. The number of nitrogens with two attached hydrogens (primary N) is 2. The number of anilines is 3. The predicted molar refractivity (Wildman–Crippen MR) is 91.8 cm³/mol. The summed E-state index contributed by atoms with van der Waals surface area (Å²) in [7, 11) is 0. The molecule has 0 radical (unpaired) electrons. The number of carbonyl (C=O) groups excluding carboxylic acids is 1. The monoisotopic (exact) mass is 330 g/mol. The van der Waals surface area contributed by atoms with Gasteiger partial charge in [-0.15, -0.1) is 0 Å². The molecule has 9 heteroatoms. The van der Waals surface area contributed by atoms with Crippen molar-refractivity contribution in [1.82, 2.24) is 20.2 Å². The van der Waals surface area contributed by atoms with Crippen LogP contribution in [0.2, 0.25) is 0 Å². The summed E-state index contributed by atoms with van der Waals surface area (Å²) in [5.41, 5.74) is 12.0. The van der Waals surface area contributed by atoms with Crippen molar-refractivity contribution in [2.45, 2.75) is 38.8 Å². The lowest BCUT2D eigenvalue weighted by Gasteiger charge is -2.22. The van der Waals surface area contributed by atoms with Crippen molar-refractivity contribution in [2.24, 2.45) is 11.5 Å². The molecule has 0 aliphatic carbocycles. The Hall–Kier alpha value is -2.81. The first-order valence-electron chi connectivity index (χ1n) is 7.74. The van der Waals surface area contributed by atoms with Gasteiger partial charge in [-0.1, -0.05) is 13.3 Å². The maximum Gasteiger partial charge on any atom is 0.271 e. The third kappa shape index (κ3) is 4.59. The summed E-state index contributed by atoms with van der Waals surface area (Å²) in [4.78, 5) is 20.1. The highest BCUT2D eigenvalue weighted by Gasteiger charge is 2.17. The molecule has 2 atom stereocenters. The second-order valence-corrected chi connectivity index (χ2v) is 5.47. The molecule has 0 aliphatic heterocycles. The van der Waals surface area contributed by atoms with Crippen LogP contribution in [0.4, 0.5) is 17.3 Å². The Kier molecular flexibility index (Phi) is 5.96. The van der Waals surface area contributed by atoms with E-state index in [9.17, 15) is 4.79 Å². The SMILES string of the molecule is CCC[C@@H](Nc1cnc(C(N)=O)c(Nc2ccnnc2)n1)[C@H](C)N. The molecule has 2 rings (SSSR count). The number of hydrogen-bond acceptors (Lipinski definition) is 8. The number of hydrogen-bond donors (Lipinski definition) is 4. The van der Waals surface area contributed by atoms with Gasteiger partial charge in [0, 0.05) is 12.1 Å². The van der Waals surface area contributed by atoms with Crippen molar-refractivity contribution in [2.75, 3.05) is 10.6 Å². The first kappa shape index (κ1) is 17.5. The highest BCUT2D eigenvalue weighted by Crippen LogP contribution is 2.19. The molecule has 0 saturated carbocycles. The Morgan fingerprint density at radius 1 is 1.33 bits per heavy atom. The number of amides is 1. The van der Waals surface area contributed by atoms with E-state index in [4.69, 9.17) is 11.5 Å². The second kappa shape index (κ2) is 8.16. The number of nitrogens with one attached hydrogen (secondary N) is 2. The number of nitrogens with zero attached hydrogens (tertiary/aromatic N) is 4. The van der Waals surface area contributed by atoms with E-state index in [0.29, 0.717) is 11.5 Å². The zero-order valence-electron chi connectivity index (χ0n) is 13.7. The van der Waals surface area contributed by atoms with E-state index in [1.54, 1.807) is 6.07 Å². The number of carbonyl (C=O) groups is 1. The third-order valence-corrected chi connectivity index (χ3v) is 3.42. The van der Waals surface area contributed by atoms with E-state index < -0.39 is 5.91 Å².